The van der Waals surface area contributed by atoms with Crippen molar-refractivity contribution in [2.24, 2.45) is 0 Å². The third kappa shape index (κ3) is 2.38. The number of pyridine rings is 1. The van der Waals surface area contributed by atoms with Crippen molar-refractivity contribution in [2.75, 3.05) is 0 Å². The van der Waals surface area contributed by atoms with Crippen LogP contribution in [0.15, 0.2) is 36.5 Å². The number of halogens is 1. The van der Waals surface area contributed by atoms with Crippen LogP contribution in [0.4, 0.5) is 4.39 Å². The molecule has 0 aliphatic rings. The summed E-state index contributed by atoms with van der Waals surface area (Å²) in [6, 6.07) is 7.93. The molecule has 0 spiro atoms. The maximum atomic E-state index is 13.6. The first-order valence-corrected chi connectivity index (χ1v) is 5.31. The molecule has 1 heterocycles. The van der Waals surface area contributed by atoms with Gasteiger partial charge in [-0.1, -0.05) is 11.6 Å². The van der Waals surface area contributed by atoms with E-state index in [0.29, 0.717) is 0 Å². The first-order valence-electron chi connectivity index (χ1n) is 5.31. The van der Waals surface area contributed by atoms with Gasteiger partial charge < -0.3 is 0 Å². The van der Waals surface area contributed by atoms with Crippen molar-refractivity contribution in [3.05, 3.63) is 64.7 Å². The van der Waals surface area contributed by atoms with Crippen molar-refractivity contribution in [1.29, 1.82) is 0 Å². The molecule has 1 aromatic carbocycles. The van der Waals surface area contributed by atoms with Gasteiger partial charge in [0.05, 0.1) is 5.56 Å². The fourth-order valence-electron chi connectivity index (χ4n) is 1.61. The molecule has 0 amide bonds. The molecule has 0 N–H and O–H groups in total. The summed E-state index contributed by atoms with van der Waals surface area (Å²) < 4.78 is 13.6. The lowest BCUT2D eigenvalue weighted by atomic mass is 10.0. The number of carbonyl (C=O) groups is 1. The molecule has 86 valence electrons. The quantitative estimate of drug-likeness (QED) is 0.741. The monoisotopic (exact) mass is 229 g/mol. The van der Waals surface area contributed by atoms with Crippen molar-refractivity contribution in [1.82, 2.24) is 4.98 Å². The molecule has 0 aliphatic carbocycles. The molecule has 0 atom stereocenters. The summed E-state index contributed by atoms with van der Waals surface area (Å²) in [5.74, 6) is -0.890. The van der Waals surface area contributed by atoms with Gasteiger partial charge in [0.1, 0.15) is 11.5 Å². The molecular formula is C14H12FNO. The Bertz CT molecular complexity index is 578. The van der Waals surface area contributed by atoms with Gasteiger partial charge in [-0.05, 0) is 43.7 Å². The first-order chi connectivity index (χ1) is 8.08. The Kier molecular flexibility index (Phi) is 3.00. The zero-order valence-corrected chi connectivity index (χ0v) is 9.70. The molecule has 2 aromatic rings. The number of hydrogen-bond acceptors (Lipinski definition) is 2. The molecule has 0 bridgehead atoms. The average Bonchev–Trinajstić information content (AvgIpc) is 2.31. The van der Waals surface area contributed by atoms with E-state index in [0.717, 1.165) is 11.1 Å². The van der Waals surface area contributed by atoms with Gasteiger partial charge in [0.2, 0.25) is 5.78 Å². The van der Waals surface area contributed by atoms with Gasteiger partial charge in [0.25, 0.3) is 0 Å². The second kappa shape index (κ2) is 4.45. The number of aryl methyl sites for hydroxylation is 2. The molecular weight excluding hydrogens is 217 g/mol. The van der Waals surface area contributed by atoms with Gasteiger partial charge in [-0.15, -0.1) is 0 Å². The molecule has 1 aromatic heterocycles. The lowest BCUT2D eigenvalue weighted by molar-refractivity contribution is 0.103. The number of rotatable bonds is 2. The number of aromatic nitrogens is 1. The summed E-state index contributed by atoms with van der Waals surface area (Å²) in [6.07, 6.45) is 1.55. The standard InChI is InChI=1S/C14H12FNO/c1-9-3-4-12(15)11(7-9)14(17)13-8-10(2)5-6-16-13/h3-8H,1-2H3. The normalized spacial score (nSPS) is 10.3. The summed E-state index contributed by atoms with van der Waals surface area (Å²) in [5.41, 5.74) is 2.12. The molecule has 3 heteroatoms. The molecule has 0 unspecified atom stereocenters. The Morgan fingerprint density at radius 3 is 2.53 bits per heavy atom. The van der Waals surface area contributed by atoms with Crippen LogP contribution in [0.5, 0.6) is 0 Å². The van der Waals surface area contributed by atoms with Crippen molar-refractivity contribution in [2.45, 2.75) is 13.8 Å². The van der Waals surface area contributed by atoms with Crippen LogP contribution >= 0.6 is 0 Å². The Morgan fingerprint density at radius 2 is 1.82 bits per heavy atom. The summed E-state index contributed by atoms with van der Waals surface area (Å²) in [5, 5.41) is 0. The van der Waals surface area contributed by atoms with E-state index >= 15 is 0 Å². The summed E-state index contributed by atoms with van der Waals surface area (Å²) >= 11 is 0. The number of ketones is 1. The second-order valence-corrected chi connectivity index (χ2v) is 4.03. The highest BCUT2D eigenvalue weighted by Gasteiger charge is 2.15. The van der Waals surface area contributed by atoms with E-state index in [4.69, 9.17) is 0 Å². The highest BCUT2D eigenvalue weighted by Crippen LogP contribution is 2.14. The van der Waals surface area contributed by atoms with Crippen molar-refractivity contribution < 1.29 is 9.18 Å². The zero-order chi connectivity index (χ0) is 12.4. The Labute approximate surface area is 99.1 Å². The van der Waals surface area contributed by atoms with E-state index in [1.807, 2.05) is 13.8 Å². The van der Waals surface area contributed by atoms with Crippen LogP contribution in [0.2, 0.25) is 0 Å². The molecule has 0 fully saturated rings. The molecule has 0 saturated heterocycles. The molecule has 0 saturated carbocycles. The van der Waals surface area contributed by atoms with Crippen LogP contribution in [0, 0.1) is 19.7 Å². The second-order valence-electron chi connectivity index (χ2n) is 4.03. The number of nitrogens with zero attached hydrogens (tertiary/aromatic N) is 1. The van der Waals surface area contributed by atoms with Crippen molar-refractivity contribution >= 4 is 5.78 Å². The van der Waals surface area contributed by atoms with E-state index in [1.54, 1.807) is 30.5 Å². The third-order valence-electron chi connectivity index (χ3n) is 2.51. The van der Waals surface area contributed by atoms with E-state index < -0.39 is 5.82 Å². The molecule has 2 rings (SSSR count). The average molecular weight is 229 g/mol. The van der Waals surface area contributed by atoms with Crippen LogP contribution < -0.4 is 0 Å². The number of carbonyl (C=O) groups excluding carboxylic acids is 1. The minimum Gasteiger partial charge on any atom is -0.287 e. The van der Waals surface area contributed by atoms with Crippen molar-refractivity contribution in [3.63, 3.8) is 0 Å². The highest BCUT2D eigenvalue weighted by molar-refractivity contribution is 6.08. The van der Waals surface area contributed by atoms with Gasteiger partial charge in [-0.2, -0.15) is 0 Å². The van der Waals surface area contributed by atoms with Crippen molar-refractivity contribution in [3.8, 4) is 0 Å². The minimum absolute atomic E-state index is 0.0723. The molecule has 17 heavy (non-hydrogen) atoms. The Morgan fingerprint density at radius 1 is 1.12 bits per heavy atom. The fourth-order valence-corrected chi connectivity index (χ4v) is 1.61. The first kappa shape index (κ1) is 11.5. The Hall–Kier alpha value is -2.03. The summed E-state index contributed by atoms with van der Waals surface area (Å²) in [4.78, 5) is 16.0. The lowest BCUT2D eigenvalue weighted by Crippen LogP contribution is -2.07. The maximum Gasteiger partial charge on any atom is 0.214 e. The van der Waals surface area contributed by atoms with Gasteiger partial charge in [-0.3, -0.25) is 9.78 Å². The lowest BCUT2D eigenvalue weighted by Gasteiger charge is -2.04. The van der Waals surface area contributed by atoms with Gasteiger partial charge >= 0.3 is 0 Å². The summed E-state index contributed by atoms with van der Waals surface area (Å²) in [7, 11) is 0. The van der Waals surface area contributed by atoms with Crippen LogP contribution in [0.3, 0.4) is 0 Å². The van der Waals surface area contributed by atoms with Gasteiger partial charge in [-0.25, -0.2) is 4.39 Å². The zero-order valence-electron chi connectivity index (χ0n) is 9.70. The minimum atomic E-state index is -0.510. The van der Waals surface area contributed by atoms with Crippen LogP contribution in [-0.4, -0.2) is 10.8 Å². The van der Waals surface area contributed by atoms with Crippen LogP contribution in [0.25, 0.3) is 0 Å². The SMILES string of the molecule is Cc1ccnc(C(=O)c2cc(C)ccc2F)c1. The fraction of sp³-hybridized carbons (Fsp3) is 0.143. The topological polar surface area (TPSA) is 30.0 Å². The molecule has 0 radical (unpaired) electrons. The van der Waals surface area contributed by atoms with Gasteiger partial charge in [0, 0.05) is 6.20 Å². The maximum absolute atomic E-state index is 13.6. The van der Waals surface area contributed by atoms with E-state index in [1.165, 1.54) is 6.07 Å². The number of benzene rings is 1. The Balaban J connectivity index is 2.47. The molecule has 2 nitrogen and oxygen atoms in total. The largest absolute Gasteiger partial charge is 0.287 e. The third-order valence-corrected chi connectivity index (χ3v) is 2.51. The predicted octanol–water partition coefficient (Wildman–Crippen LogP) is 3.07. The smallest absolute Gasteiger partial charge is 0.214 e. The predicted molar refractivity (Wildman–Crippen MR) is 63.5 cm³/mol. The number of hydrogen-bond donors (Lipinski definition) is 0. The summed E-state index contributed by atoms with van der Waals surface area (Å²) in [6.45, 7) is 3.69. The highest BCUT2D eigenvalue weighted by atomic mass is 19.1. The van der Waals surface area contributed by atoms with E-state index in [2.05, 4.69) is 4.98 Å². The van der Waals surface area contributed by atoms with E-state index in [-0.39, 0.29) is 17.0 Å². The van der Waals surface area contributed by atoms with Gasteiger partial charge in [0.15, 0.2) is 0 Å². The van der Waals surface area contributed by atoms with Crippen LogP contribution in [0.1, 0.15) is 27.2 Å². The van der Waals surface area contributed by atoms with Crippen LogP contribution in [-0.2, 0) is 0 Å². The molecule has 0 aliphatic heterocycles. The van der Waals surface area contributed by atoms with E-state index in [9.17, 15) is 9.18 Å².